The van der Waals surface area contributed by atoms with Gasteiger partial charge in [-0.2, -0.15) is 4.31 Å². The van der Waals surface area contributed by atoms with Crippen LogP contribution in [0.3, 0.4) is 0 Å². The number of sulfonamides is 1. The minimum atomic E-state index is -4.00. The zero-order valence-corrected chi connectivity index (χ0v) is 13.7. The molecular weight excluding hydrogens is 351 g/mol. The SMILES string of the molecule is CC(C)N(CCCO)S(=O)(=O)c1cc(N)c(Br)cc1F. The van der Waals surface area contributed by atoms with Gasteiger partial charge < -0.3 is 10.8 Å². The van der Waals surface area contributed by atoms with Crippen molar-refractivity contribution in [2.75, 3.05) is 18.9 Å². The number of nitrogens with zero attached hydrogens (tertiary/aromatic N) is 1. The average Bonchev–Trinajstić information content (AvgIpc) is 2.33. The van der Waals surface area contributed by atoms with Gasteiger partial charge in [0.1, 0.15) is 10.7 Å². The summed E-state index contributed by atoms with van der Waals surface area (Å²) in [5.41, 5.74) is 5.78. The predicted octanol–water partition coefficient (Wildman–Crippen LogP) is 1.95. The van der Waals surface area contributed by atoms with E-state index in [0.29, 0.717) is 4.47 Å². The molecule has 0 unspecified atom stereocenters. The molecule has 0 aliphatic rings. The monoisotopic (exact) mass is 368 g/mol. The fourth-order valence-electron chi connectivity index (χ4n) is 1.75. The van der Waals surface area contributed by atoms with Crippen LogP contribution >= 0.6 is 15.9 Å². The first kappa shape index (κ1) is 17.4. The van der Waals surface area contributed by atoms with Crippen molar-refractivity contribution in [2.24, 2.45) is 0 Å². The third-order valence-corrected chi connectivity index (χ3v) is 5.53. The van der Waals surface area contributed by atoms with Crippen LogP contribution in [0.25, 0.3) is 0 Å². The van der Waals surface area contributed by atoms with E-state index in [4.69, 9.17) is 10.8 Å². The minimum absolute atomic E-state index is 0.117. The summed E-state index contributed by atoms with van der Waals surface area (Å²) in [5, 5.41) is 8.85. The molecular formula is C12H18BrFN2O3S. The molecule has 0 heterocycles. The Labute approximate surface area is 126 Å². The van der Waals surface area contributed by atoms with E-state index in [-0.39, 0.29) is 31.3 Å². The highest BCUT2D eigenvalue weighted by atomic mass is 79.9. The van der Waals surface area contributed by atoms with E-state index in [1.807, 2.05) is 0 Å². The van der Waals surface area contributed by atoms with Crippen molar-refractivity contribution < 1.29 is 17.9 Å². The Balaban J connectivity index is 3.29. The highest BCUT2D eigenvalue weighted by molar-refractivity contribution is 9.10. The number of rotatable bonds is 6. The molecule has 0 spiro atoms. The van der Waals surface area contributed by atoms with Crippen molar-refractivity contribution >= 4 is 31.6 Å². The van der Waals surface area contributed by atoms with Crippen molar-refractivity contribution in [1.82, 2.24) is 4.31 Å². The second-order valence-corrected chi connectivity index (χ2v) is 7.30. The topological polar surface area (TPSA) is 83.6 Å². The van der Waals surface area contributed by atoms with Gasteiger partial charge in [0.05, 0.1) is 0 Å². The lowest BCUT2D eigenvalue weighted by molar-refractivity contribution is 0.258. The molecule has 8 heteroatoms. The fourth-order valence-corrected chi connectivity index (χ4v) is 3.83. The molecule has 0 amide bonds. The number of hydrogen-bond donors (Lipinski definition) is 2. The first-order chi connectivity index (χ1) is 9.21. The molecule has 1 aromatic rings. The van der Waals surface area contributed by atoms with Gasteiger partial charge in [-0.3, -0.25) is 0 Å². The third kappa shape index (κ3) is 3.69. The van der Waals surface area contributed by atoms with E-state index in [2.05, 4.69) is 15.9 Å². The largest absolute Gasteiger partial charge is 0.398 e. The molecule has 0 radical (unpaired) electrons. The van der Waals surface area contributed by atoms with E-state index in [1.54, 1.807) is 13.8 Å². The zero-order valence-electron chi connectivity index (χ0n) is 11.3. The molecule has 0 atom stereocenters. The standard InChI is InChI=1S/C12H18BrFN2O3S/c1-8(2)16(4-3-5-17)20(18,19)12-7-11(15)9(13)6-10(12)14/h6-8,17H,3-5,15H2,1-2H3. The highest BCUT2D eigenvalue weighted by Crippen LogP contribution is 2.28. The second-order valence-electron chi connectivity index (χ2n) is 4.59. The van der Waals surface area contributed by atoms with E-state index < -0.39 is 20.7 Å². The number of anilines is 1. The summed E-state index contributed by atoms with van der Waals surface area (Å²) >= 11 is 3.05. The second kappa shape index (κ2) is 6.84. The Morgan fingerprint density at radius 1 is 1.45 bits per heavy atom. The van der Waals surface area contributed by atoms with Crippen molar-refractivity contribution in [3.05, 3.63) is 22.4 Å². The van der Waals surface area contributed by atoms with E-state index in [9.17, 15) is 12.8 Å². The maximum atomic E-state index is 13.9. The molecule has 1 rings (SSSR count). The number of nitrogens with two attached hydrogens (primary N) is 1. The normalized spacial score (nSPS) is 12.3. The first-order valence-corrected chi connectivity index (χ1v) is 8.32. The maximum absolute atomic E-state index is 13.9. The number of halogens is 2. The van der Waals surface area contributed by atoms with Crippen molar-refractivity contribution in [2.45, 2.75) is 31.2 Å². The molecule has 5 nitrogen and oxygen atoms in total. The lowest BCUT2D eigenvalue weighted by atomic mass is 10.3. The minimum Gasteiger partial charge on any atom is -0.398 e. The van der Waals surface area contributed by atoms with Crippen LogP contribution in [0, 0.1) is 5.82 Å². The van der Waals surface area contributed by atoms with Crippen LogP contribution in [0.2, 0.25) is 0 Å². The molecule has 0 fully saturated rings. The van der Waals surface area contributed by atoms with Gasteiger partial charge in [0.15, 0.2) is 0 Å². The third-order valence-electron chi connectivity index (χ3n) is 2.75. The Morgan fingerprint density at radius 2 is 2.05 bits per heavy atom. The lowest BCUT2D eigenvalue weighted by Crippen LogP contribution is -2.38. The lowest BCUT2D eigenvalue weighted by Gasteiger charge is -2.26. The fraction of sp³-hybridized carbons (Fsp3) is 0.500. The van der Waals surface area contributed by atoms with Crippen LogP contribution in [-0.2, 0) is 10.0 Å². The molecule has 0 bridgehead atoms. The summed E-state index contributed by atoms with van der Waals surface area (Å²) in [5.74, 6) is -0.860. The van der Waals surface area contributed by atoms with Gasteiger partial charge in [-0.1, -0.05) is 0 Å². The average molecular weight is 369 g/mol. The van der Waals surface area contributed by atoms with Gasteiger partial charge in [-0.25, -0.2) is 12.8 Å². The molecule has 0 aliphatic carbocycles. The number of aliphatic hydroxyl groups excluding tert-OH is 1. The number of nitrogen functional groups attached to an aromatic ring is 1. The van der Waals surface area contributed by atoms with Crippen LogP contribution in [0.15, 0.2) is 21.5 Å². The van der Waals surface area contributed by atoms with Crippen molar-refractivity contribution in [1.29, 1.82) is 0 Å². The van der Waals surface area contributed by atoms with Gasteiger partial charge in [0, 0.05) is 29.4 Å². The predicted molar refractivity (Wildman–Crippen MR) is 79.2 cm³/mol. The zero-order chi connectivity index (χ0) is 15.5. The molecule has 0 aromatic heterocycles. The first-order valence-electron chi connectivity index (χ1n) is 6.09. The smallest absolute Gasteiger partial charge is 0.246 e. The van der Waals surface area contributed by atoms with E-state index in [0.717, 1.165) is 16.4 Å². The van der Waals surface area contributed by atoms with Crippen molar-refractivity contribution in [3.63, 3.8) is 0 Å². The van der Waals surface area contributed by atoms with Gasteiger partial charge in [0.25, 0.3) is 0 Å². The number of benzene rings is 1. The number of hydrogen-bond acceptors (Lipinski definition) is 4. The molecule has 20 heavy (non-hydrogen) atoms. The van der Waals surface area contributed by atoms with Gasteiger partial charge in [-0.05, 0) is 48.3 Å². The van der Waals surface area contributed by atoms with E-state index >= 15 is 0 Å². The van der Waals surface area contributed by atoms with Crippen LogP contribution in [-0.4, -0.2) is 37.0 Å². The summed E-state index contributed by atoms with van der Waals surface area (Å²) in [4.78, 5) is -0.454. The molecule has 1 aromatic carbocycles. The van der Waals surface area contributed by atoms with Crippen LogP contribution < -0.4 is 5.73 Å². The summed E-state index contributed by atoms with van der Waals surface area (Å²) in [6, 6.07) is 1.78. The summed E-state index contributed by atoms with van der Waals surface area (Å²) in [7, 11) is -4.00. The Kier molecular flexibility index (Phi) is 5.93. The Bertz CT molecular complexity index is 578. The van der Waals surface area contributed by atoms with Crippen LogP contribution in [0.4, 0.5) is 10.1 Å². The summed E-state index contributed by atoms with van der Waals surface area (Å²) < 4.78 is 40.4. The maximum Gasteiger partial charge on any atom is 0.246 e. The quantitative estimate of drug-likeness (QED) is 0.751. The molecule has 3 N–H and O–H groups in total. The summed E-state index contributed by atoms with van der Waals surface area (Å²) in [6.07, 6.45) is 0.283. The van der Waals surface area contributed by atoms with Gasteiger partial charge in [-0.15, -0.1) is 0 Å². The highest BCUT2D eigenvalue weighted by Gasteiger charge is 2.29. The molecule has 0 saturated carbocycles. The molecule has 0 aliphatic heterocycles. The Hall–Kier alpha value is -0.700. The van der Waals surface area contributed by atoms with E-state index in [1.165, 1.54) is 0 Å². The van der Waals surface area contributed by atoms with Crippen LogP contribution in [0.1, 0.15) is 20.3 Å². The van der Waals surface area contributed by atoms with Crippen LogP contribution in [0.5, 0.6) is 0 Å². The van der Waals surface area contributed by atoms with Crippen molar-refractivity contribution in [3.8, 4) is 0 Å². The van der Waals surface area contributed by atoms with Gasteiger partial charge >= 0.3 is 0 Å². The summed E-state index contributed by atoms with van der Waals surface area (Å²) in [6.45, 7) is 3.36. The molecule has 114 valence electrons. The molecule has 0 saturated heterocycles. The Morgan fingerprint density at radius 3 is 2.55 bits per heavy atom. The number of aliphatic hydroxyl groups is 1. The van der Waals surface area contributed by atoms with Gasteiger partial charge in [0.2, 0.25) is 10.0 Å².